The summed E-state index contributed by atoms with van der Waals surface area (Å²) in [5.74, 6) is -0.703. The lowest BCUT2D eigenvalue weighted by molar-refractivity contribution is -0.384. The molecule has 7 nitrogen and oxygen atoms in total. The van der Waals surface area contributed by atoms with Gasteiger partial charge >= 0.3 is 0 Å². The molecular formula is C14H9FN4O3. The highest BCUT2D eigenvalue weighted by Gasteiger charge is 2.11. The number of aromatic nitrogens is 1. The molecule has 0 radical (unpaired) electrons. The number of azo groups is 1. The summed E-state index contributed by atoms with van der Waals surface area (Å²) < 4.78 is 13.1. The van der Waals surface area contributed by atoms with Crippen LogP contribution >= 0.6 is 0 Å². The number of aromatic amines is 1. The lowest BCUT2D eigenvalue weighted by Crippen LogP contribution is -1.85. The first-order chi connectivity index (χ1) is 10.5. The van der Waals surface area contributed by atoms with Gasteiger partial charge in [-0.05, 0) is 24.3 Å². The largest absolute Gasteiger partial charge is 0.493 e. The minimum Gasteiger partial charge on any atom is -0.493 e. The van der Waals surface area contributed by atoms with Gasteiger partial charge < -0.3 is 10.1 Å². The summed E-state index contributed by atoms with van der Waals surface area (Å²) in [6, 6.07) is 9.55. The van der Waals surface area contributed by atoms with Crippen LogP contribution in [-0.2, 0) is 0 Å². The first kappa shape index (κ1) is 13.7. The van der Waals surface area contributed by atoms with E-state index in [2.05, 4.69) is 15.2 Å². The zero-order valence-electron chi connectivity index (χ0n) is 11.0. The number of fused-ring (bicyclic) bond motifs is 1. The van der Waals surface area contributed by atoms with Crippen molar-refractivity contribution in [2.24, 2.45) is 10.2 Å². The molecule has 1 heterocycles. The van der Waals surface area contributed by atoms with E-state index in [-0.39, 0.29) is 22.9 Å². The van der Waals surface area contributed by atoms with E-state index in [1.807, 2.05) is 0 Å². The van der Waals surface area contributed by atoms with E-state index in [0.717, 1.165) is 0 Å². The molecule has 0 bridgehead atoms. The average Bonchev–Trinajstić information content (AvgIpc) is 2.80. The zero-order valence-corrected chi connectivity index (χ0v) is 11.0. The predicted octanol–water partition coefficient (Wildman–Crippen LogP) is 4.34. The highest BCUT2D eigenvalue weighted by atomic mass is 19.1. The van der Waals surface area contributed by atoms with Crippen molar-refractivity contribution in [3.63, 3.8) is 0 Å². The molecule has 110 valence electrons. The van der Waals surface area contributed by atoms with Crippen molar-refractivity contribution in [3.05, 3.63) is 58.4 Å². The minimum absolute atomic E-state index is 0.110. The third-order valence-electron chi connectivity index (χ3n) is 3.02. The van der Waals surface area contributed by atoms with E-state index in [1.165, 1.54) is 36.4 Å². The summed E-state index contributed by atoms with van der Waals surface area (Å²) in [6.07, 6.45) is 0. The number of H-pyrrole nitrogens is 1. The Hall–Kier alpha value is -3.29. The summed E-state index contributed by atoms with van der Waals surface area (Å²) in [6.45, 7) is 0. The summed E-state index contributed by atoms with van der Waals surface area (Å²) in [7, 11) is 0. The van der Waals surface area contributed by atoms with Crippen molar-refractivity contribution in [1.29, 1.82) is 0 Å². The van der Waals surface area contributed by atoms with Crippen LogP contribution in [0.25, 0.3) is 10.9 Å². The van der Waals surface area contributed by atoms with E-state index >= 15 is 0 Å². The molecule has 0 aliphatic carbocycles. The van der Waals surface area contributed by atoms with Crippen molar-refractivity contribution in [2.75, 3.05) is 0 Å². The Morgan fingerprint density at radius 1 is 1.18 bits per heavy atom. The molecule has 0 saturated carbocycles. The van der Waals surface area contributed by atoms with E-state index < -0.39 is 10.7 Å². The minimum atomic E-state index is -0.537. The Morgan fingerprint density at radius 2 is 2.00 bits per heavy atom. The molecule has 0 aliphatic rings. The third-order valence-corrected chi connectivity index (χ3v) is 3.02. The lowest BCUT2D eigenvalue weighted by Gasteiger charge is -1.94. The topological polar surface area (TPSA) is 104 Å². The summed E-state index contributed by atoms with van der Waals surface area (Å²) in [4.78, 5) is 12.8. The number of hydrogen-bond donors (Lipinski definition) is 2. The summed E-state index contributed by atoms with van der Waals surface area (Å²) in [5, 5.41) is 28.8. The van der Waals surface area contributed by atoms with Crippen molar-refractivity contribution < 1.29 is 14.4 Å². The second kappa shape index (κ2) is 5.24. The Bertz CT molecular complexity index is 904. The number of aromatic hydroxyl groups is 1. The second-order valence-corrected chi connectivity index (χ2v) is 4.49. The Labute approximate surface area is 122 Å². The number of nitrogens with zero attached hydrogens (tertiary/aromatic N) is 3. The number of nitro benzene ring substituents is 1. The fourth-order valence-electron chi connectivity index (χ4n) is 2.02. The normalized spacial score (nSPS) is 11.3. The van der Waals surface area contributed by atoms with Gasteiger partial charge in [-0.15, -0.1) is 5.11 Å². The van der Waals surface area contributed by atoms with Crippen molar-refractivity contribution in [3.8, 4) is 5.88 Å². The molecule has 22 heavy (non-hydrogen) atoms. The van der Waals surface area contributed by atoms with Gasteiger partial charge in [0.15, 0.2) is 5.69 Å². The standard InChI is InChI=1S/C14H9FN4O3/c15-8-4-5-11-12(6-8)16-14(20)13(11)18-17-9-2-1-3-10(7-9)19(21)22/h1-7,16,20H. The lowest BCUT2D eigenvalue weighted by atomic mass is 10.2. The van der Waals surface area contributed by atoms with Crippen LogP contribution in [0.2, 0.25) is 0 Å². The molecule has 2 aromatic carbocycles. The van der Waals surface area contributed by atoms with Gasteiger partial charge in [0.2, 0.25) is 5.88 Å². The zero-order chi connectivity index (χ0) is 15.7. The van der Waals surface area contributed by atoms with E-state index in [1.54, 1.807) is 6.07 Å². The molecule has 0 aliphatic heterocycles. The summed E-state index contributed by atoms with van der Waals surface area (Å²) >= 11 is 0. The fourth-order valence-corrected chi connectivity index (χ4v) is 2.02. The van der Waals surface area contributed by atoms with Crippen LogP contribution < -0.4 is 0 Å². The highest BCUT2D eigenvalue weighted by Crippen LogP contribution is 2.36. The van der Waals surface area contributed by atoms with Crippen LogP contribution in [0.3, 0.4) is 0 Å². The number of non-ortho nitro benzene ring substituents is 1. The first-order valence-corrected chi connectivity index (χ1v) is 6.21. The molecule has 0 fully saturated rings. The molecular weight excluding hydrogens is 291 g/mol. The number of hydrogen-bond acceptors (Lipinski definition) is 5. The van der Waals surface area contributed by atoms with Crippen LogP contribution in [0, 0.1) is 15.9 Å². The maximum atomic E-state index is 13.1. The molecule has 8 heteroatoms. The molecule has 2 N–H and O–H groups in total. The van der Waals surface area contributed by atoms with E-state index in [4.69, 9.17) is 0 Å². The quantitative estimate of drug-likeness (QED) is 0.427. The number of nitro groups is 1. The van der Waals surface area contributed by atoms with Gasteiger partial charge in [-0.25, -0.2) is 4.39 Å². The monoisotopic (exact) mass is 300 g/mol. The molecule has 0 amide bonds. The maximum Gasteiger partial charge on any atom is 0.271 e. The molecule has 0 saturated heterocycles. The van der Waals surface area contributed by atoms with Gasteiger partial charge in [0.05, 0.1) is 16.1 Å². The van der Waals surface area contributed by atoms with Crippen LogP contribution in [-0.4, -0.2) is 15.0 Å². The molecule has 0 spiro atoms. The van der Waals surface area contributed by atoms with Crippen LogP contribution in [0.15, 0.2) is 52.7 Å². The first-order valence-electron chi connectivity index (χ1n) is 6.21. The van der Waals surface area contributed by atoms with E-state index in [9.17, 15) is 19.6 Å². The Morgan fingerprint density at radius 3 is 2.77 bits per heavy atom. The number of halogens is 1. The van der Waals surface area contributed by atoms with Gasteiger partial charge in [-0.1, -0.05) is 6.07 Å². The average molecular weight is 300 g/mol. The highest BCUT2D eigenvalue weighted by molar-refractivity contribution is 5.94. The Kier molecular flexibility index (Phi) is 3.26. The van der Waals surface area contributed by atoms with Gasteiger partial charge in [0, 0.05) is 17.5 Å². The van der Waals surface area contributed by atoms with Crippen molar-refractivity contribution >= 4 is 28.0 Å². The van der Waals surface area contributed by atoms with E-state index in [0.29, 0.717) is 10.9 Å². The molecule has 0 unspecified atom stereocenters. The number of nitrogens with one attached hydrogen (secondary N) is 1. The van der Waals surface area contributed by atoms with Crippen LogP contribution in [0.4, 0.5) is 21.5 Å². The van der Waals surface area contributed by atoms with Crippen LogP contribution in [0.5, 0.6) is 5.88 Å². The second-order valence-electron chi connectivity index (χ2n) is 4.49. The third kappa shape index (κ3) is 2.49. The number of rotatable bonds is 3. The number of benzene rings is 2. The van der Waals surface area contributed by atoms with Crippen molar-refractivity contribution in [1.82, 2.24) is 4.98 Å². The predicted molar refractivity (Wildman–Crippen MR) is 77.2 cm³/mol. The molecule has 3 aromatic rings. The maximum absolute atomic E-state index is 13.1. The fraction of sp³-hybridized carbons (Fsp3) is 0. The molecule has 1 aromatic heterocycles. The van der Waals surface area contributed by atoms with Crippen LogP contribution in [0.1, 0.15) is 0 Å². The van der Waals surface area contributed by atoms with Gasteiger partial charge in [-0.2, -0.15) is 5.11 Å². The Balaban J connectivity index is 2.01. The molecule has 0 atom stereocenters. The van der Waals surface area contributed by atoms with Gasteiger partial charge in [-0.3, -0.25) is 10.1 Å². The van der Waals surface area contributed by atoms with Crippen molar-refractivity contribution in [2.45, 2.75) is 0 Å². The summed E-state index contributed by atoms with van der Waals surface area (Å²) in [5.41, 5.74) is 0.679. The smallest absolute Gasteiger partial charge is 0.271 e. The SMILES string of the molecule is O=[N+]([O-])c1cccc(N=Nc2c(O)[nH]c3cc(F)ccc23)c1. The molecule has 3 rings (SSSR count). The van der Waals surface area contributed by atoms with Gasteiger partial charge in [0.25, 0.3) is 5.69 Å². The van der Waals surface area contributed by atoms with Gasteiger partial charge in [0.1, 0.15) is 5.82 Å².